The van der Waals surface area contributed by atoms with Crippen LogP contribution in [0, 0.1) is 0 Å². The number of aromatic nitrogens is 2. The molecule has 3 N–H and O–H groups in total. The lowest BCUT2D eigenvalue weighted by Gasteiger charge is -2.30. The van der Waals surface area contributed by atoms with Crippen LogP contribution >= 0.6 is 47.8 Å². The fourth-order valence-corrected chi connectivity index (χ4v) is 5.58. The van der Waals surface area contributed by atoms with Gasteiger partial charge >= 0.3 is 0 Å². The standard InChI is InChI=1S/C16H19Br3N4/c17-11-8-4-3-7-23-15(8)14(13(19)12(11)18)22-16(23)21-10-6-2-1-5-9(10)20/h9-10H,1-7,20H2,(H,21,22). The van der Waals surface area contributed by atoms with Crippen LogP contribution in [0.15, 0.2) is 13.4 Å². The molecular formula is C16H19Br3N4. The first-order valence-corrected chi connectivity index (χ1v) is 10.5. The van der Waals surface area contributed by atoms with Crippen LogP contribution in [0.3, 0.4) is 0 Å². The summed E-state index contributed by atoms with van der Waals surface area (Å²) in [4.78, 5) is 4.91. The topological polar surface area (TPSA) is 55.9 Å². The van der Waals surface area contributed by atoms with Gasteiger partial charge in [-0.1, -0.05) is 12.8 Å². The number of halogens is 3. The number of nitrogens with two attached hydrogens (primary N) is 1. The molecule has 0 saturated heterocycles. The molecule has 0 amide bonds. The molecule has 7 heteroatoms. The molecule has 2 unspecified atom stereocenters. The van der Waals surface area contributed by atoms with Crippen molar-refractivity contribution in [1.82, 2.24) is 9.55 Å². The largest absolute Gasteiger partial charge is 0.351 e. The number of rotatable bonds is 2. The van der Waals surface area contributed by atoms with Gasteiger partial charge in [0.25, 0.3) is 0 Å². The second-order valence-corrected chi connectivity index (χ2v) is 8.89. The lowest BCUT2D eigenvalue weighted by molar-refractivity contribution is 0.401. The molecule has 0 bridgehead atoms. The smallest absolute Gasteiger partial charge is 0.204 e. The predicted molar refractivity (Wildman–Crippen MR) is 105 cm³/mol. The number of anilines is 1. The molecule has 1 fully saturated rings. The number of nitrogens with zero attached hydrogens (tertiary/aromatic N) is 2. The van der Waals surface area contributed by atoms with Gasteiger partial charge in [0.15, 0.2) is 0 Å². The van der Waals surface area contributed by atoms with Crippen molar-refractivity contribution >= 4 is 64.8 Å². The summed E-state index contributed by atoms with van der Waals surface area (Å²) in [5.41, 5.74) is 9.92. The molecule has 124 valence electrons. The first-order chi connectivity index (χ1) is 11.1. The maximum atomic E-state index is 6.31. The Labute approximate surface area is 161 Å². The SMILES string of the molecule is NC1CCCCC1Nc1nc2c(Br)c(Br)c(Br)c3c2n1CCC3. The number of nitrogens with one attached hydrogen (secondary N) is 1. The van der Waals surface area contributed by atoms with Gasteiger partial charge in [-0.05, 0) is 79.0 Å². The van der Waals surface area contributed by atoms with Gasteiger partial charge in [-0.3, -0.25) is 0 Å². The third-order valence-electron chi connectivity index (χ3n) is 5.05. The Hall–Kier alpha value is -0.110. The maximum Gasteiger partial charge on any atom is 0.204 e. The van der Waals surface area contributed by atoms with E-state index in [2.05, 4.69) is 57.7 Å². The molecule has 1 aromatic heterocycles. The van der Waals surface area contributed by atoms with E-state index in [9.17, 15) is 0 Å². The van der Waals surface area contributed by atoms with Crippen LogP contribution in [0.1, 0.15) is 37.7 Å². The molecule has 2 aliphatic rings. The van der Waals surface area contributed by atoms with Gasteiger partial charge in [-0.15, -0.1) is 0 Å². The van der Waals surface area contributed by atoms with Gasteiger partial charge in [0, 0.05) is 27.6 Å². The molecule has 0 spiro atoms. The van der Waals surface area contributed by atoms with Crippen molar-refractivity contribution in [3.05, 3.63) is 19.0 Å². The fraction of sp³-hybridized carbons (Fsp3) is 0.562. The van der Waals surface area contributed by atoms with Crippen LogP contribution in [0.5, 0.6) is 0 Å². The molecule has 2 heterocycles. The van der Waals surface area contributed by atoms with Gasteiger partial charge in [0.1, 0.15) is 5.52 Å². The summed E-state index contributed by atoms with van der Waals surface area (Å²) in [6.07, 6.45) is 6.94. The third-order valence-corrected chi connectivity index (χ3v) is 8.56. The molecule has 2 atom stereocenters. The van der Waals surface area contributed by atoms with Gasteiger partial charge < -0.3 is 15.6 Å². The zero-order valence-corrected chi connectivity index (χ0v) is 17.5. The van der Waals surface area contributed by atoms with Crippen molar-refractivity contribution in [2.24, 2.45) is 5.73 Å². The minimum Gasteiger partial charge on any atom is -0.351 e. The molecular weight excluding hydrogens is 488 g/mol. The van der Waals surface area contributed by atoms with E-state index >= 15 is 0 Å². The number of hydrogen-bond donors (Lipinski definition) is 2. The highest BCUT2D eigenvalue weighted by Gasteiger charge is 2.28. The molecule has 4 rings (SSSR count). The van der Waals surface area contributed by atoms with Crippen molar-refractivity contribution in [1.29, 1.82) is 0 Å². The van der Waals surface area contributed by atoms with Crippen LogP contribution in [-0.4, -0.2) is 21.6 Å². The highest BCUT2D eigenvalue weighted by atomic mass is 79.9. The minimum absolute atomic E-state index is 0.223. The Morgan fingerprint density at radius 2 is 1.83 bits per heavy atom. The Morgan fingerprint density at radius 1 is 1.04 bits per heavy atom. The summed E-state index contributed by atoms with van der Waals surface area (Å²) >= 11 is 11.1. The molecule has 1 aromatic carbocycles. The second-order valence-electron chi connectivity index (χ2n) is 6.51. The van der Waals surface area contributed by atoms with E-state index in [1.54, 1.807) is 0 Å². The van der Waals surface area contributed by atoms with E-state index < -0.39 is 0 Å². The molecule has 2 aromatic rings. The number of benzene rings is 1. The summed E-state index contributed by atoms with van der Waals surface area (Å²) in [5.74, 6) is 0.967. The summed E-state index contributed by atoms with van der Waals surface area (Å²) in [6, 6.07) is 0.550. The fourth-order valence-electron chi connectivity index (χ4n) is 3.82. The number of hydrogen-bond acceptors (Lipinski definition) is 3. The second kappa shape index (κ2) is 6.32. The van der Waals surface area contributed by atoms with Gasteiger partial charge in [0.2, 0.25) is 5.95 Å². The van der Waals surface area contributed by atoms with Crippen molar-refractivity contribution in [3.63, 3.8) is 0 Å². The van der Waals surface area contributed by atoms with Crippen LogP contribution in [0.4, 0.5) is 5.95 Å². The number of aryl methyl sites for hydroxylation is 2. The normalized spacial score (nSPS) is 24.2. The molecule has 0 radical (unpaired) electrons. The van der Waals surface area contributed by atoms with Crippen molar-refractivity contribution < 1.29 is 0 Å². The molecule has 1 saturated carbocycles. The van der Waals surface area contributed by atoms with Gasteiger partial charge in [-0.2, -0.15) is 0 Å². The Bertz CT molecular complexity index is 771. The van der Waals surface area contributed by atoms with E-state index in [4.69, 9.17) is 10.7 Å². The Kier molecular flexibility index (Phi) is 4.49. The highest BCUT2D eigenvalue weighted by molar-refractivity contribution is 9.14. The quantitative estimate of drug-likeness (QED) is 0.566. The molecule has 23 heavy (non-hydrogen) atoms. The van der Waals surface area contributed by atoms with Crippen LogP contribution < -0.4 is 11.1 Å². The van der Waals surface area contributed by atoms with Crippen LogP contribution in [0.2, 0.25) is 0 Å². The molecule has 4 nitrogen and oxygen atoms in total. The van der Waals surface area contributed by atoms with Crippen molar-refractivity contribution in [3.8, 4) is 0 Å². The molecule has 1 aliphatic heterocycles. The predicted octanol–water partition coefficient (Wildman–Crippen LogP) is 4.95. The first-order valence-electron chi connectivity index (χ1n) is 8.15. The van der Waals surface area contributed by atoms with E-state index in [0.717, 1.165) is 57.1 Å². The molecule has 1 aliphatic carbocycles. The van der Waals surface area contributed by atoms with Crippen molar-refractivity contribution in [2.45, 2.75) is 57.2 Å². The summed E-state index contributed by atoms with van der Waals surface area (Å²) in [6.45, 7) is 1.01. The Morgan fingerprint density at radius 3 is 2.61 bits per heavy atom. The van der Waals surface area contributed by atoms with E-state index in [-0.39, 0.29) is 6.04 Å². The lowest BCUT2D eigenvalue weighted by Crippen LogP contribution is -2.43. The zero-order valence-electron chi connectivity index (χ0n) is 12.7. The Balaban J connectivity index is 1.83. The van der Waals surface area contributed by atoms with E-state index in [0.29, 0.717) is 6.04 Å². The van der Waals surface area contributed by atoms with Gasteiger partial charge in [-0.25, -0.2) is 4.98 Å². The van der Waals surface area contributed by atoms with Crippen molar-refractivity contribution in [2.75, 3.05) is 5.32 Å². The average molecular weight is 507 g/mol. The summed E-state index contributed by atoms with van der Waals surface area (Å²) in [5, 5.41) is 3.64. The number of imidazole rings is 1. The minimum atomic E-state index is 0.223. The monoisotopic (exact) mass is 504 g/mol. The van der Waals surface area contributed by atoms with Gasteiger partial charge in [0.05, 0.1) is 9.99 Å². The van der Waals surface area contributed by atoms with Crippen LogP contribution in [-0.2, 0) is 13.0 Å². The average Bonchev–Trinajstić information content (AvgIpc) is 2.93. The van der Waals surface area contributed by atoms with E-state index in [1.165, 1.54) is 23.9 Å². The maximum absolute atomic E-state index is 6.31. The lowest BCUT2D eigenvalue weighted by atomic mass is 9.91. The highest BCUT2D eigenvalue weighted by Crippen LogP contribution is 2.43. The van der Waals surface area contributed by atoms with Crippen LogP contribution in [0.25, 0.3) is 11.0 Å². The summed E-state index contributed by atoms with van der Waals surface area (Å²) in [7, 11) is 0. The summed E-state index contributed by atoms with van der Waals surface area (Å²) < 4.78 is 5.53. The first kappa shape index (κ1) is 16.4. The van der Waals surface area contributed by atoms with E-state index in [1.807, 2.05) is 0 Å². The third kappa shape index (κ3) is 2.68. The zero-order chi connectivity index (χ0) is 16.1.